The zero-order chi connectivity index (χ0) is 12.3. The normalized spacial score (nSPS) is 10.0. The van der Waals surface area contributed by atoms with Gasteiger partial charge in [-0.2, -0.15) is 0 Å². The van der Waals surface area contributed by atoms with Gasteiger partial charge in [0.1, 0.15) is 5.75 Å². The minimum atomic E-state index is 0.395. The molecule has 2 aromatic rings. The van der Waals surface area contributed by atoms with E-state index in [1.54, 1.807) is 18.2 Å². The molecule has 0 heterocycles. The standard InChI is InChI=1S/C13H8ClIO2/c14-12-6-1-3-9(8-16)13(12)17-11-5-2-4-10(15)7-11/h1-8H. The number of carbonyl (C=O) groups is 1. The lowest BCUT2D eigenvalue weighted by atomic mass is 10.2. The van der Waals surface area contributed by atoms with Gasteiger partial charge in [-0.1, -0.05) is 23.7 Å². The van der Waals surface area contributed by atoms with E-state index in [2.05, 4.69) is 22.6 Å². The molecule has 0 radical (unpaired) electrons. The molecule has 0 unspecified atom stereocenters. The van der Waals surface area contributed by atoms with Gasteiger partial charge in [0, 0.05) is 3.57 Å². The fourth-order valence-corrected chi connectivity index (χ4v) is 2.11. The van der Waals surface area contributed by atoms with Crippen LogP contribution in [0.4, 0.5) is 0 Å². The van der Waals surface area contributed by atoms with Crippen LogP contribution in [0.2, 0.25) is 5.02 Å². The van der Waals surface area contributed by atoms with Crippen molar-refractivity contribution in [3.05, 3.63) is 56.6 Å². The topological polar surface area (TPSA) is 26.3 Å². The Morgan fingerprint density at radius 3 is 2.65 bits per heavy atom. The lowest BCUT2D eigenvalue weighted by Crippen LogP contribution is -1.91. The summed E-state index contributed by atoms with van der Waals surface area (Å²) >= 11 is 8.20. The van der Waals surface area contributed by atoms with Crippen LogP contribution in [-0.2, 0) is 0 Å². The van der Waals surface area contributed by atoms with Gasteiger partial charge in [0.05, 0.1) is 10.6 Å². The summed E-state index contributed by atoms with van der Waals surface area (Å²) in [5.74, 6) is 1.05. The highest BCUT2D eigenvalue weighted by atomic mass is 127. The van der Waals surface area contributed by atoms with Crippen molar-refractivity contribution in [3.8, 4) is 11.5 Å². The molecular formula is C13H8ClIO2. The molecule has 0 saturated carbocycles. The van der Waals surface area contributed by atoms with Gasteiger partial charge < -0.3 is 4.74 Å². The zero-order valence-corrected chi connectivity index (χ0v) is 11.6. The van der Waals surface area contributed by atoms with Crippen molar-refractivity contribution in [3.63, 3.8) is 0 Å². The summed E-state index contributed by atoms with van der Waals surface area (Å²) in [6.07, 6.45) is 0.731. The Kier molecular flexibility index (Phi) is 4.02. The summed E-state index contributed by atoms with van der Waals surface area (Å²) < 4.78 is 6.70. The second kappa shape index (κ2) is 5.51. The molecule has 4 heteroatoms. The summed E-state index contributed by atoms with van der Waals surface area (Å²) in [5, 5.41) is 0.425. The first-order chi connectivity index (χ1) is 8.20. The van der Waals surface area contributed by atoms with E-state index < -0.39 is 0 Å². The second-order valence-corrected chi connectivity index (χ2v) is 4.99. The van der Waals surface area contributed by atoms with E-state index in [1.165, 1.54) is 0 Å². The van der Waals surface area contributed by atoms with Crippen LogP contribution in [-0.4, -0.2) is 6.29 Å². The van der Waals surface area contributed by atoms with Crippen LogP contribution in [0.5, 0.6) is 11.5 Å². The van der Waals surface area contributed by atoms with Gasteiger partial charge in [0.25, 0.3) is 0 Å². The minimum absolute atomic E-state index is 0.395. The van der Waals surface area contributed by atoms with Crippen molar-refractivity contribution in [1.29, 1.82) is 0 Å². The molecule has 0 aliphatic rings. The van der Waals surface area contributed by atoms with E-state index in [-0.39, 0.29) is 0 Å². The Balaban J connectivity index is 2.39. The number of para-hydroxylation sites is 1. The third-order valence-electron chi connectivity index (χ3n) is 2.14. The summed E-state index contributed by atoms with van der Waals surface area (Å²) in [7, 11) is 0. The fraction of sp³-hybridized carbons (Fsp3) is 0. The minimum Gasteiger partial charge on any atom is -0.455 e. The first kappa shape index (κ1) is 12.4. The highest BCUT2D eigenvalue weighted by Gasteiger charge is 2.08. The Morgan fingerprint density at radius 1 is 1.18 bits per heavy atom. The van der Waals surface area contributed by atoms with Crippen LogP contribution in [0.1, 0.15) is 10.4 Å². The molecule has 0 spiro atoms. The predicted octanol–water partition coefficient (Wildman–Crippen LogP) is 4.55. The molecule has 0 amide bonds. The molecule has 0 bridgehead atoms. The zero-order valence-electron chi connectivity index (χ0n) is 8.69. The summed E-state index contributed by atoms with van der Waals surface area (Å²) in [5.41, 5.74) is 0.441. The van der Waals surface area contributed by atoms with Crippen LogP contribution in [0.3, 0.4) is 0 Å². The molecule has 0 N–H and O–H groups in total. The van der Waals surface area contributed by atoms with Gasteiger partial charge in [-0.3, -0.25) is 4.79 Å². The summed E-state index contributed by atoms with van der Waals surface area (Å²) in [4.78, 5) is 10.9. The number of halogens is 2. The smallest absolute Gasteiger partial charge is 0.156 e. The van der Waals surface area contributed by atoms with E-state index in [9.17, 15) is 4.79 Å². The predicted molar refractivity (Wildman–Crippen MR) is 76.1 cm³/mol. The van der Waals surface area contributed by atoms with Crippen molar-refractivity contribution >= 4 is 40.5 Å². The molecule has 0 aliphatic carbocycles. The van der Waals surface area contributed by atoms with Crippen molar-refractivity contribution < 1.29 is 9.53 Å². The molecule has 86 valence electrons. The van der Waals surface area contributed by atoms with Crippen LogP contribution in [0.15, 0.2) is 42.5 Å². The maximum absolute atomic E-state index is 10.9. The first-order valence-electron chi connectivity index (χ1n) is 4.88. The van der Waals surface area contributed by atoms with Gasteiger partial charge in [-0.15, -0.1) is 0 Å². The van der Waals surface area contributed by atoms with Gasteiger partial charge in [-0.05, 0) is 52.9 Å². The number of carbonyl (C=O) groups excluding carboxylic acids is 1. The number of rotatable bonds is 3. The van der Waals surface area contributed by atoms with E-state index in [4.69, 9.17) is 16.3 Å². The number of hydrogen-bond acceptors (Lipinski definition) is 2. The summed E-state index contributed by atoms with van der Waals surface area (Å²) in [6.45, 7) is 0. The molecular weight excluding hydrogens is 350 g/mol. The Hall–Kier alpha value is -1.07. The van der Waals surface area contributed by atoms with E-state index in [0.29, 0.717) is 22.1 Å². The number of hydrogen-bond donors (Lipinski definition) is 0. The monoisotopic (exact) mass is 358 g/mol. The lowest BCUT2D eigenvalue weighted by Gasteiger charge is -2.09. The van der Waals surface area contributed by atoms with Gasteiger partial charge in [0.2, 0.25) is 0 Å². The quantitative estimate of drug-likeness (QED) is 0.594. The molecule has 0 atom stereocenters. The van der Waals surface area contributed by atoms with Crippen LogP contribution >= 0.6 is 34.2 Å². The molecule has 0 saturated heterocycles. The molecule has 0 fully saturated rings. The molecule has 2 aromatic carbocycles. The second-order valence-electron chi connectivity index (χ2n) is 3.34. The average molecular weight is 359 g/mol. The maximum Gasteiger partial charge on any atom is 0.156 e. The molecule has 17 heavy (non-hydrogen) atoms. The average Bonchev–Trinajstić information content (AvgIpc) is 2.32. The maximum atomic E-state index is 10.9. The molecule has 0 aliphatic heterocycles. The highest BCUT2D eigenvalue weighted by molar-refractivity contribution is 14.1. The number of aldehydes is 1. The first-order valence-corrected chi connectivity index (χ1v) is 6.33. The molecule has 2 nitrogen and oxygen atoms in total. The van der Waals surface area contributed by atoms with Crippen molar-refractivity contribution in [2.24, 2.45) is 0 Å². The van der Waals surface area contributed by atoms with Crippen LogP contribution < -0.4 is 4.74 Å². The number of ether oxygens (including phenoxy) is 1. The van der Waals surface area contributed by atoms with Gasteiger partial charge >= 0.3 is 0 Å². The molecule has 0 aromatic heterocycles. The van der Waals surface area contributed by atoms with E-state index in [1.807, 2.05) is 24.3 Å². The largest absolute Gasteiger partial charge is 0.455 e. The third kappa shape index (κ3) is 2.98. The lowest BCUT2D eigenvalue weighted by molar-refractivity contribution is 0.112. The van der Waals surface area contributed by atoms with E-state index in [0.717, 1.165) is 9.86 Å². The highest BCUT2D eigenvalue weighted by Crippen LogP contribution is 2.32. The Bertz CT molecular complexity index is 555. The van der Waals surface area contributed by atoms with Crippen molar-refractivity contribution in [2.75, 3.05) is 0 Å². The fourth-order valence-electron chi connectivity index (χ4n) is 1.37. The summed E-state index contributed by atoms with van der Waals surface area (Å²) in [6, 6.07) is 12.6. The van der Waals surface area contributed by atoms with Crippen molar-refractivity contribution in [1.82, 2.24) is 0 Å². The Morgan fingerprint density at radius 2 is 1.94 bits per heavy atom. The Labute approximate surface area is 118 Å². The number of benzene rings is 2. The van der Waals surface area contributed by atoms with E-state index >= 15 is 0 Å². The van der Waals surface area contributed by atoms with Gasteiger partial charge in [0.15, 0.2) is 12.0 Å². The van der Waals surface area contributed by atoms with Crippen LogP contribution in [0.25, 0.3) is 0 Å². The molecule has 2 rings (SSSR count). The SMILES string of the molecule is O=Cc1cccc(Cl)c1Oc1cccc(I)c1. The van der Waals surface area contributed by atoms with Crippen molar-refractivity contribution in [2.45, 2.75) is 0 Å². The van der Waals surface area contributed by atoms with Crippen LogP contribution in [0, 0.1) is 3.57 Å². The third-order valence-corrected chi connectivity index (χ3v) is 3.11. The van der Waals surface area contributed by atoms with Gasteiger partial charge in [-0.25, -0.2) is 0 Å².